The second-order valence-electron chi connectivity index (χ2n) is 4.57. The van der Waals surface area contributed by atoms with Gasteiger partial charge in [0.1, 0.15) is 0 Å². The molecule has 0 aliphatic heterocycles. The Balaban J connectivity index is 2.31. The van der Waals surface area contributed by atoms with Gasteiger partial charge in [-0.05, 0) is 44.0 Å². The molecule has 1 heterocycles. The van der Waals surface area contributed by atoms with Crippen LogP contribution in [0.25, 0.3) is 0 Å². The van der Waals surface area contributed by atoms with Crippen molar-refractivity contribution in [3.8, 4) is 0 Å². The molecular weight excluding hydrogens is 280 g/mol. The van der Waals surface area contributed by atoms with E-state index in [1.807, 2.05) is 13.8 Å². The molecule has 0 amide bonds. The van der Waals surface area contributed by atoms with Crippen molar-refractivity contribution >= 4 is 15.7 Å². The molecule has 0 saturated carbocycles. The lowest BCUT2D eigenvalue weighted by Gasteiger charge is -2.13. The van der Waals surface area contributed by atoms with Gasteiger partial charge in [-0.2, -0.15) is 5.21 Å². The lowest BCUT2D eigenvalue weighted by atomic mass is 10.1. The zero-order valence-corrected chi connectivity index (χ0v) is 12.2. The van der Waals surface area contributed by atoms with E-state index in [-0.39, 0.29) is 10.7 Å². The van der Waals surface area contributed by atoms with Gasteiger partial charge in [-0.3, -0.25) is 0 Å². The monoisotopic (exact) mass is 296 g/mol. The summed E-state index contributed by atoms with van der Waals surface area (Å²) in [5.74, 6) is 0.269. The summed E-state index contributed by atoms with van der Waals surface area (Å²) in [5.41, 5.74) is 7.94. The third-order valence-corrected chi connectivity index (χ3v) is 4.59. The number of H-pyrrole nitrogens is 1. The molecule has 1 atom stereocenters. The summed E-state index contributed by atoms with van der Waals surface area (Å²) >= 11 is 0. The lowest BCUT2D eigenvalue weighted by molar-refractivity contribution is 0.560. The van der Waals surface area contributed by atoms with Crippen molar-refractivity contribution in [2.75, 3.05) is 5.73 Å². The Morgan fingerprint density at radius 3 is 2.60 bits per heavy atom. The number of tetrazole rings is 1. The van der Waals surface area contributed by atoms with Crippen LogP contribution in [0.15, 0.2) is 17.0 Å². The molecule has 0 bridgehead atoms. The van der Waals surface area contributed by atoms with Gasteiger partial charge in [0.05, 0.1) is 10.9 Å². The van der Waals surface area contributed by atoms with E-state index < -0.39 is 16.1 Å². The van der Waals surface area contributed by atoms with Crippen LogP contribution >= 0.6 is 0 Å². The molecule has 1 aromatic carbocycles. The predicted molar refractivity (Wildman–Crippen MR) is 73.2 cm³/mol. The first-order valence-electron chi connectivity index (χ1n) is 5.93. The van der Waals surface area contributed by atoms with Gasteiger partial charge < -0.3 is 5.73 Å². The van der Waals surface area contributed by atoms with Crippen LogP contribution in [0.4, 0.5) is 5.69 Å². The van der Waals surface area contributed by atoms with Gasteiger partial charge in [0.25, 0.3) is 0 Å². The first-order chi connectivity index (χ1) is 9.31. The van der Waals surface area contributed by atoms with Crippen LogP contribution in [-0.2, 0) is 10.0 Å². The van der Waals surface area contributed by atoms with Gasteiger partial charge in [0, 0.05) is 5.69 Å². The van der Waals surface area contributed by atoms with Crippen LogP contribution in [0.1, 0.15) is 29.9 Å². The topological polar surface area (TPSA) is 127 Å². The maximum Gasteiger partial charge on any atom is 0.241 e. The third-order valence-electron chi connectivity index (χ3n) is 3.07. The lowest BCUT2D eigenvalue weighted by Crippen LogP contribution is -2.28. The quantitative estimate of drug-likeness (QED) is 0.702. The zero-order valence-electron chi connectivity index (χ0n) is 11.4. The summed E-state index contributed by atoms with van der Waals surface area (Å²) in [6.45, 7) is 5.29. The van der Waals surface area contributed by atoms with Crippen LogP contribution in [-0.4, -0.2) is 29.0 Å². The minimum atomic E-state index is -3.70. The minimum absolute atomic E-state index is 0.119. The number of nitrogen functional groups attached to an aromatic ring is 1. The van der Waals surface area contributed by atoms with E-state index in [2.05, 4.69) is 25.3 Å². The smallest absolute Gasteiger partial charge is 0.241 e. The van der Waals surface area contributed by atoms with E-state index in [0.717, 1.165) is 11.1 Å². The summed E-state index contributed by atoms with van der Waals surface area (Å²) < 4.78 is 27.1. The number of aromatic amines is 1. The van der Waals surface area contributed by atoms with Gasteiger partial charge in [-0.1, -0.05) is 5.21 Å². The minimum Gasteiger partial charge on any atom is -0.398 e. The highest BCUT2D eigenvalue weighted by atomic mass is 32.2. The Morgan fingerprint density at radius 1 is 1.35 bits per heavy atom. The molecule has 8 nitrogen and oxygen atoms in total. The predicted octanol–water partition coefficient (Wildman–Crippen LogP) is 0.438. The Labute approximate surface area is 116 Å². The molecule has 9 heteroatoms. The first kappa shape index (κ1) is 14.4. The maximum atomic E-state index is 12.3. The molecule has 2 aromatic rings. The molecule has 2 rings (SSSR count). The summed E-state index contributed by atoms with van der Waals surface area (Å²) in [5, 5.41) is 13.2. The van der Waals surface area contributed by atoms with Gasteiger partial charge in [-0.25, -0.2) is 13.1 Å². The Hall–Kier alpha value is -2.00. The fourth-order valence-electron chi connectivity index (χ4n) is 1.71. The molecule has 108 valence electrons. The average Bonchev–Trinajstić information content (AvgIpc) is 2.88. The van der Waals surface area contributed by atoms with Gasteiger partial charge in [0.2, 0.25) is 10.0 Å². The van der Waals surface area contributed by atoms with Crippen molar-refractivity contribution in [3.63, 3.8) is 0 Å². The fourth-order valence-corrected chi connectivity index (χ4v) is 3.04. The molecule has 0 aliphatic rings. The van der Waals surface area contributed by atoms with Crippen molar-refractivity contribution in [2.45, 2.75) is 31.7 Å². The molecular formula is C11H16N6O2S. The highest BCUT2D eigenvalue weighted by Crippen LogP contribution is 2.22. The summed E-state index contributed by atoms with van der Waals surface area (Å²) in [6.07, 6.45) is 0. The number of sulfonamides is 1. The number of hydrogen-bond acceptors (Lipinski definition) is 6. The van der Waals surface area contributed by atoms with Gasteiger partial charge in [-0.15, -0.1) is 10.2 Å². The van der Waals surface area contributed by atoms with Crippen LogP contribution in [0, 0.1) is 13.8 Å². The number of benzene rings is 1. The normalized spacial score (nSPS) is 13.3. The number of aromatic nitrogens is 4. The van der Waals surface area contributed by atoms with E-state index in [9.17, 15) is 8.42 Å². The maximum absolute atomic E-state index is 12.3. The molecule has 1 aromatic heterocycles. The summed E-state index contributed by atoms with van der Waals surface area (Å²) in [4.78, 5) is 0.119. The van der Waals surface area contributed by atoms with E-state index >= 15 is 0 Å². The second kappa shape index (κ2) is 5.17. The Bertz CT molecular complexity index is 688. The summed E-state index contributed by atoms with van der Waals surface area (Å²) in [6, 6.07) is 2.42. The van der Waals surface area contributed by atoms with Crippen molar-refractivity contribution in [3.05, 3.63) is 29.1 Å². The fraction of sp³-hybridized carbons (Fsp3) is 0.364. The van der Waals surface area contributed by atoms with Gasteiger partial charge >= 0.3 is 0 Å². The number of nitrogens with one attached hydrogen (secondary N) is 2. The van der Waals surface area contributed by atoms with Crippen molar-refractivity contribution in [1.29, 1.82) is 0 Å². The third kappa shape index (κ3) is 2.78. The number of nitrogens with two attached hydrogens (primary N) is 1. The molecule has 4 N–H and O–H groups in total. The van der Waals surface area contributed by atoms with Crippen molar-refractivity contribution < 1.29 is 8.42 Å². The number of rotatable bonds is 4. The van der Waals surface area contributed by atoms with E-state index in [1.165, 1.54) is 6.07 Å². The second-order valence-corrected chi connectivity index (χ2v) is 6.28. The van der Waals surface area contributed by atoms with Crippen LogP contribution in [0.3, 0.4) is 0 Å². The van der Waals surface area contributed by atoms with Crippen molar-refractivity contribution in [2.24, 2.45) is 0 Å². The largest absolute Gasteiger partial charge is 0.398 e. The number of hydrogen-bond donors (Lipinski definition) is 3. The molecule has 0 radical (unpaired) electrons. The zero-order chi connectivity index (χ0) is 14.9. The SMILES string of the molecule is Cc1cc(S(=O)(=O)NC(C)c2nn[nH]n2)cc(N)c1C. The van der Waals surface area contributed by atoms with Crippen LogP contribution < -0.4 is 10.5 Å². The van der Waals surface area contributed by atoms with Crippen LogP contribution in [0.2, 0.25) is 0 Å². The Morgan fingerprint density at radius 2 is 2.05 bits per heavy atom. The van der Waals surface area contributed by atoms with Crippen molar-refractivity contribution in [1.82, 2.24) is 25.3 Å². The average molecular weight is 296 g/mol. The standard InChI is InChI=1S/C11H16N6O2S/c1-6-4-9(5-10(12)7(6)2)20(18,19)15-8(3)11-13-16-17-14-11/h4-5,8,15H,12H2,1-3H3,(H,13,14,16,17). The van der Waals surface area contributed by atoms with E-state index in [0.29, 0.717) is 5.69 Å². The molecule has 0 aliphatic carbocycles. The number of nitrogens with zero attached hydrogens (tertiary/aromatic N) is 3. The molecule has 0 spiro atoms. The highest BCUT2D eigenvalue weighted by molar-refractivity contribution is 7.89. The molecule has 0 fully saturated rings. The van der Waals surface area contributed by atoms with E-state index in [4.69, 9.17) is 5.73 Å². The van der Waals surface area contributed by atoms with Gasteiger partial charge in [0.15, 0.2) is 5.82 Å². The summed E-state index contributed by atoms with van der Waals surface area (Å²) in [7, 11) is -3.70. The Kier molecular flexibility index (Phi) is 3.73. The van der Waals surface area contributed by atoms with E-state index in [1.54, 1.807) is 13.0 Å². The molecule has 20 heavy (non-hydrogen) atoms. The molecule has 1 unspecified atom stereocenters. The first-order valence-corrected chi connectivity index (χ1v) is 7.42. The highest BCUT2D eigenvalue weighted by Gasteiger charge is 2.21. The molecule has 0 saturated heterocycles. The number of anilines is 1. The number of aryl methyl sites for hydroxylation is 1. The van der Waals surface area contributed by atoms with Crippen LogP contribution in [0.5, 0.6) is 0 Å².